The maximum absolute atomic E-state index is 11.1. The lowest BCUT2D eigenvalue weighted by atomic mass is 9.86. The zero-order valence-electron chi connectivity index (χ0n) is 13.9. The molecule has 24 heavy (non-hydrogen) atoms. The fourth-order valence-corrected chi connectivity index (χ4v) is 2.41. The van der Waals surface area contributed by atoms with Crippen molar-refractivity contribution in [2.75, 3.05) is 0 Å². The van der Waals surface area contributed by atoms with E-state index in [0.29, 0.717) is 5.56 Å². The van der Waals surface area contributed by atoms with Gasteiger partial charge in [-0.15, -0.1) is 0 Å². The van der Waals surface area contributed by atoms with E-state index in [-0.39, 0.29) is 5.41 Å². The van der Waals surface area contributed by atoms with E-state index in [4.69, 9.17) is 10.2 Å². The molecule has 4 nitrogen and oxygen atoms in total. The molecule has 0 aliphatic carbocycles. The second-order valence-electron chi connectivity index (χ2n) is 6.58. The van der Waals surface area contributed by atoms with Crippen LogP contribution in [0.25, 0.3) is 17.2 Å². The molecular formula is C20H20O4. The molecule has 0 fully saturated rings. The number of carboxylic acid groups (broad SMARTS) is 2. The van der Waals surface area contributed by atoms with E-state index in [1.165, 1.54) is 11.6 Å². The summed E-state index contributed by atoms with van der Waals surface area (Å²) in [6.45, 7) is 6.39. The van der Waals surface area contributed by atoms with Crippen LogP contribution in [0.1, 0.15) is 31.9 Å². The van der Waals surface area contributed by atoms with Crippen molar-refractivity contribution in [1.29, 1.82) is 0 Å². The van der Waals surface area contributed by atoms with Gasteiger partial charge in [0.1, 0.15) is 5.57 Å². The molecule has 0 aliphatic rings. The molecule has 2 N–H and O–H groups in total. The van der Waals surface area contributed by atoms with Gasteiger partial charge in [0.15, 0.2) is 0 Å². The van der Waals surface area contributed by atoms with Crippen LogP contribution in [-0.2, 0) is 15.0 Å². The summed E-state index contributed by atoms with van der Waals surface area (Å²) < 4.78 is 0. The first-order valence-corrected chi connectivity index (χ1v) is 7.58. The third-order valence-electron chi connectivity index (χ3n) is 3.78. The average molecular weight is 324 g/mol. The fraction of sp³-hybridized carbons (Fsp3) is 0.200. The van der Waals surface area contributed by atoms with Gasteiger partial charge in [0.25, 0.3) is 0 Å². The monoisotopic (exact) mass is 324 g/mol. The largest absolute Gasteiger partial charge is 0.477 e. The Labute approximate surface area is 141 Å². The van der Waals surface area contributed by atoms with Crippen molar-refractivity contribution < 1.29 is 19.8 Å². The number of hydrogen-bond acceptors (Lipinski definition) is 2. The summed E-state index contributed by atoms with van der Waals surface area (Å²) in [5, 5.41) is 18.1. The summed E-state index contributed by atoms with van der Waals surface area (Å²) in [7, 11) is 0. The van der Waals surface area contributed by atoms with Gasteiger partial charge in [0.2, 0.25) is 0 Å². The number of rotatable bonds is 4. The van der Waals surface area contributed by atoms with E-state index in [2.05, 4.69) is 20.8 Å². The van der Waals surface area contributed by atoms with Crippen molar-refractivity contribution in [2.45, 2.75) is 26.2 Å². The molecule has 0 saturated heterocycles. The number of aliphatic carboxylic acids is 2. The third kappa shape index (κ3) is 3.90. The summed E-state index contributed by atoms with van der Waals surface area (Å²) in [4.78, 5) is 22.2. The Kier molecular flexibility index (Phi) is 4.88. The van der Waals surface area contributed by atoms with Gasteiger partial charge in [-0.3, -0.25) is 0 Å². The Bertz CT molecular complexity index is 777. The second-order valence-corrected chi connectivity index (χ2v) is 6.58. The van der Waals surface area contributed by atoms with Crippen LogP contribution in [0.4, 0.5) is 0 Å². The van der Waals surface area contributed by atoms with E-state index < -0.39 is 17.5 Å². The molecule has 0 bridgehead atoms. The predicted molar refractivity (Wildman–Crippen MR) is 93.8 cm³/mol. The van der Waals surface area contributed by atoms with Gasteiger partial charge in [-0.25, -0.2) is 9.59 Å². The highest BCUT2D eigenvalue weighted by atomic mass is 16.4. The lowest BCUT2D eigenvalue weighted by Gasteiger charge is -2.19. The summed E-state index contributed by atoms with van der Waals surface area (Å²) in [6, 6.07) is 15.1. The zero-order chi connectivity index (χ0) is 17.9. The van der Waals surface area contributed by atoms with Crippen molar-refractivity contribution in [1.82, 2.24) is 0 Å². The number of carbonyl (C=O) groups is 2. The van der Waals surface area contributed by atoms with Gasteiger partial charge in [-0.2, -0.15) is 0 Å². The standard InChI is InChI=1S/C20H20O4/c1-20(2,3)15-10-8-13(9-11-15)16-7-5-4-6-14(16)12-17(18(21)22)19(23)24/h4-12H,1-3H3,(H,21,22)(H,23,24). The molecule has 4 heteroatoms. The van der Waals surface area contributed by atoms with Crippen LogP contribution < -0.4 is 0 Å². The molecular weight excluding hydrogens is 304 g/mol. The van der Waals surface area contributed by atoms with Crippen LogP contribution in [0.3, 0.4) is 0 Å². The molecule has 0 saturated carbocycles. The Morgan fingerprint density at radius 1 is 0.875 bits per heavy atom. The van der Waals surface area contributed by atoms with Crippen molar-refractivity contribution in [3.8, 4) is 11.1 Å². The Balaban J connectivity index is 2.52. The number of carboxylic acids is 2. The highest BCUT2D eigenvalue weighted by Crippen LogP contribution is 2.29. The minimum atomic E-state index is -1.46. The minimum Gasteiger partial charge on any atom is -0.477 e. The molecule has 0 unspecified atom stereocenters. The van der Waals surface area contributed by atoms with Gasteiger partial charge in [-0.05, 0) is 33.7 Å². The average Bonchev–Trinajstić information content (AvgIpc) is 2.51. The summed E-state index contributed by atoms with van der Waals surface area (Å²) in [5.41, 5.74) is 2.83. The molecule has 124 valence electrons. The van der Waals surface area contributed by atoms with Crippen LogP contribution in [0, 0.1) is 0 Å². The Morgan fingerprint density at radius 2 is 1.42 bits per heavy atom. The van der Waals surface area contributed by atoms with E-state index in [1.54, 1.807) is 12.1 Å². The topological polar surface area (TPSA) is 74.6 Å². The molecule has 0 radical (unpaired) electrons. The van der Waals surface area contributed by atoms with Gasteiger partial charge in [-0.1, -0.05) is 69.3 Å². The van der Waals surface area contributed by atoms with E-state index in [1.807, 2.05) is 36.4 Å². The molecule has 0 aliphatic heterocycles. The summed E-state index contributed by atoms with van der Waals surface area (Å²) in [5.74, 6) is -2.92. The molecule has 2 aromatic carbocycles. The molecule has 0 spiro atoms. The molecule has 2 rings (SSSR count). The Hall–Kier alpha value is -2.88. The molecule has 0 aromatic heterocycles. The van der Waals surface area contributed by atoms with E-state index in [0.717, 1.165) is 11.1 Å². The SMILES string of the molecule is CC(C)(C)c1ccc(-c2ccccc2C=C(C(=O)O)C(=O)O)cc1. The van der Waals surface area contributed by atoms with Crippen molar-refractivity contribution in [3.63, 3.8) is 0 Å². The Morgan fingerprint density at radius 3 is 1.92 bits per heavy atom. The maximum Gasteiger partial charge on any atom is 0.343 e. The van der Waals surface area contributed by atoms with Crippen molar-refractivity contribution in [2.24, 2.45) is 0 Å². The van der Waals surface area contributed by atoms with Crippen molar-refractivity contribution >= 4 is 18.0 Å². The van der Waals surface area contributed by atoms with Gasteiger partial charge in [0.05, 0.1) is 0 Å². The normalized spacial score (nSPS) is 11.0. The number of benzene rings is 2. The minimum absolute atomic E-state index is 0.0394. The maximum atomic E-state index is 11.1. The lowest BCUT2D eigenvalue weighted by molar-refractivity contribution is -0.140. The molecule has 0 amide bonds. The van der Waals surface area contributed by atoms with Gasteiger partial charge in [0, 0.05) is 0 Å². The third-order valence-corrected chi connectivity index (χ3v) is 3.78. The summed E-state index contributed by atoms with van der Waals surface area (Å²) >= 11 is 0. The first-order chi connectivity index (χ1) is 11.2. The van der Waals surface area contributed by atoms with Gasteiger partial charge < -0.3 is 10.2 Å². The number of hydrogen-bond donors (Lipinski definition) is 2. The highest BCUT2D eigenvalue weighted by Gasteiger charge is 2.17. The smallest absolute Gasteiger partial charge is 0.343 e. The first kappa shape index (κ1) is 17.5. The predicted octanol–water partition coefficient (Wildman–Crippen LogP) is 4.20. The lowest BCUT2D eigenvalue weighted by Crippen LogP contribution is -2.11. The zero-order valence-corrected chi connectivity index (χ0v) is 13.9. The first-order valence-electron chi connectivity index (χ1n) is 7.58. The summed E-state index contributed by atoms with van der Waals surface area (Å²) in [6.07, 6.45) is 1.19. The van der Waals surface area contributed by atoms with E-state index in [9.17, 15) is 9.59 Å². The quantitative estimate of drug-likeness (QED) is 0.502. The van der Waals surface area contributed by atoms with Crippen LogP contribution in [0.5, 0.6) is 0 Å². The highest BCUT2D eigenvalue weighted by molar-refractivity contribution is 6.16. The van der Waals surface area contributed by atoms with Crippen LogP contribution >= 0.6 is 0 Å². The molecule has 2 aromatic rings. The van der Waals surface area contributed by atoms with Crippen LogP contribution in [0.15, 0.2) is 54.1 Å². The van der Waals surface area contributed by atoms with Crippen molar-refractivity contribution in [3.05, 3.63) is 65.2 Å². The van der Waals surface area contributed by atoms with Crippen LogP contribution in [-0.4, -0.2) is 22.2 Å². The molecule has 0 atom stereocenters. The van der Waals surface area contributed by atoms with Crippen LogP contribution in [0.2, 0.25) is 0 Å². The molecule has 0 heterocycles. The fourth-order valence-electron chi connectivity index (χ4n) is 2.41. The van der Waals surface area contributed by atoms with Gasteiger partial charge >= 0.3 is 11.9 Å². The second kappa shape index (κ2) is 6.71. The van der Waals surface area contributed by atoms with E-state index >= 15 is 0 Å².